The Kier molecular flexibility index (Phi) is 5.93. The van der Waals surface area contributed by atoms with E-state index in [-0.39, 0.29) is 12.5 Å². The zero-order valence-electron chi connectivity index (χ0n) is 12.1. The molecule has 1 saturated carbocycles. The molecule has 21 heavy (non-hydrogen) atoms. The lowest BCUT2D eigenvalue weighted by Gasteiger charge is -2.33. The first-order chi connectivity index (χ1) is 9.99. The highest BCUT2D eigenvalue weighted by atomic mass is 32.2. The van der Waals surface area contributed by atoms with Crippen LogP contribution in [-0.4, -0.2) is 34.7 Å². The van der Waals surface area contributed by atoms with E-state index in [0.29, 0.717) is 10.8 Å². The summed E-state index contributed by atoms with van der Waals surface area (Å²) in [6.07, 6.45) is 4.61. The predicted molar refractivity (Wildman–Crippen MR) is 80.5 cm³/mol. The highest BCUT2D eigenvalue weighted by molar-refractivity contribution is 7.99. The van der Waals surface area contributed by atoms with Gasteiger partial charge in [0, 0.05) is 23.7 Å². The van der Waals surface area contributed by atoms with Gasteiger partial charge >= 0.3 is 6.18 Å². The molecule has 0 radical (unpaired) electrons. The van der Waals surface area contributed by atoms with Gasteiger partial charge in [-0.2, -0.15) is 24.9 Å². The molecule has 0 saturated heterocycles. The molecule has 1 heterocycles. The maximum Gasteiger partial charge on any atom is 0.404 e. The number of thioether (sulfide) groups is 1. The Morgan fingerprint density at radius 2 is 2.05 bits per heavy atom. The van der Waals surface area contributed by atoms with Gasteiger partial charge in [0.15, 0.2) is 0 Å². The van der Waals surface area contributed by atoms with Gasteiger partial charge in [-0.3, -0.25) is 4.98 Å². The normalized spacial score (nSPS) is 24.8. The number of nitrogens with one attached hydrogen (secondary N) is 1. The lowest BCUT2D eigenvalue weighted by molar-refractivity contribution is -0.157. The van der Waals surface area contributed by atoms with E-state index in [2.05, 4.69) is 10.3 Å². The van der Waals surface area contributed by atoms with Gasteiger partial charge in [0.1, 0.15) is 6.04 Å². The van der Waals surface area contributed by atoms with Crippen LogP contribution in [0.5, 0.6) is 0 Å². The van der Waals surface area contributed by atoms with Crippen molar-refractivity contribution < 1.29 is 13.2 Å². The molecule has 2 nitrogen and oxygen atoms in total. The molecule has 0 spiro atoms. The smallest absolute Gasteiger partial charge is 0.303 e. The van der Waals surface area contributed by atoms with Crippen molar-refractivity contribution in [1.29, 1.82) is 0 Å². The van der Waals surface area contributed by atoms with Crippen molar-refractivity contribution in [2.24, 2.45) is 0 Å². The Hall–Kier alpha value is -0.750. The predicted octanol–water partition coefficient (Wildman–Crippen LogP) is 3.82. The van der Waals surface area contributed by atoms with E-state index in [9.17, 15) is 13.2 Å². The molecule has 0 bridgehead atoms. The molecular formula is C15H21F3N2S. The van der Waals surface area contributed by atoms with Gasteiger partial charge in [-0.05, 0) is 49.6 Å². The van der Waals surface area contributed by atoms with Crippen molar-refractivity contribution in [1.82, 2.24) is 10.3 Å². The summed E-state index contributed by atoms with van der Waals surface area (Å²) in [6.45, 7) is 0. The largest absolute Gasteiger partial charge is 0.404 e. The van der Waals surface area contributed by atoms with Crippen molar-refractivity contribution in [3.05, 3.63) is 30.1 Å². The molecule has 1 aliphatic carbocycles. The summed E-state index contributed by atoms with van der Waals surface area (Å²) in [4.78, 5) is 3.85. The number of rotatable bonds is 5. The highest BCUT2D eigenvalue weighted by Crippen LogP contribution is 2.30. The summed E-state index contributed by atoms with van der Waals surface area (Å²) < 4.78 is 39.8. The average molecular weight is 318 g/mol. The van der Waals surface area contributed by atoms with Crippen molar-refractivity contribution in [3.8, 4) is 0 Å². The van der Waals surface area contributed by atoms with E-state index >= 15 is 0 Å². The van der Waals surface area contributed by atoms with Crippen molar-refractivity contribution in [2.45, 2.75) is 55.6 Å². The molecule has 0 aliphatic heterocycles. The molecule has 6 heteroatoms. The Morgan fingerprint density at radius 3 is 2.67 bits per heavy atom. The van der Waals surface area contributed by atoms with Crippen LogP contribution in [-0.2, 0) is 6.42 Å². The Balaban J connectivity index is 2.00. The molecule has 0 amide bonds. The lowest BCUT2D eigenvalue weighted by atomic mass is 9.93. The van der Waals surface area contributed by atoms with Gasteiger partial charge in [0.2, 0.25) is 0 Å². The topological polar surface area (TPSA) is 24.9 Å². The lowest BCUT2D eigenvalue weighted by Crippen LogP contribution is -2.50. The summed E-state index contributed by atoms with van der Waals surface area (Å²) in [5.41, 5.74) is 0.664. The van der Waals surface area contributed by atoms with Crippen LogP contribution >= 0.6 is 11.8 Å². The quantitative estimate of drug-likeness (QED) is 0.893. The fourth-order valence-electron chi connectivity index (χ4n) is 2.82. The second-order valence-corrected chi connectivity index (χ2v) is 6.68. The molecule has 3 atom stereocenters. The van der Waals surface area contributed by atoms with Crippen LogP contribution in [0, 0.1) is 0 Å². The minimum atomic E-state index is -4.23. The Bertz CT molecular complexity index is 425. The van der Waals surface area contributed by atoms with Crippen LogP contribution in [0.25, 0.3) is 0 Å². The molecule has 1 aromatic rings. The van der Waals surface area contributed by atoms with E-state index in [1.54, 1.807) is 23.9 Å². The first-order valence-electron chi connectivity index (χ1n) is 7.23. The fraction of sp³-hybridized carbons (Fsp3) is 0.667. The second-order valence-electron chi connectivity index (χ2n) is 5.54. The molecule has 0 aromatic carbocycles. The van der Waals surface area contributed by atoms with Gasteiger partial charge in [-0.1, -0.05) is 6.42 Å². The zero-order valence-corrected chi connectivity index (χ0v) is 12.9. The van der Waals surface area contributed by atoms with Crippen molar-refractivity contribution in [3.63, 3.8) is 0 Å². The molecule has 1 fully saturated rings. The third kappa shape index (κ3) is 5.18. The van der Waals surface area contributed by atoms with Crippen LogP contribution in [0.1, 0.15) is 31.2 Å². The van der Waals surface area contributed by atoms with Gasteiger partial charge < -0.3 is 5.32 Å². The van der Waals surface area contributed by atoms with Crippen LogP contribution in [0.2, 0.25) is 0 Å². The number of pyridine rings is 1. The van der Waals surface area contributed by atoms with E-state index in [4.69, 9.17) is 0 Å². The maximum atomic E-state index is 13.3. The molecule has 2 rings (SSSR count). The minimum Gasteiger partial charge on any atom is -0.303 e. The first kappa shape index (κ1) is 16.6. The summed E-state index contributed by atoms with van der Waals surface area (Å²) in [5.74, 6) is 0. The second kappa shape index (κ2) is 7.49. The average Bonchev–Trinajstić information content (AvgIpc) is 2.47. The van der Waals surface area contributed by atoms with Crippen LogP contribution in [0.4, 0.5) is 13.2 Å². The summed E-state index contributed by atoms with van der Waals surface area (Å²) in [5, 5.41) is 3.33. The highest BCUT2D eigenvalue weighted by Gasteiger charge is 2.41. The first-order valence-corrected chi connectivity index (χ1v) is 8.52. The molecule has 1 aromatic heterocycles. The summed E-state index contributed by atoms with van der Waals surface area (Å²) in [6, 6.07) is 1.77. The molecule has 1 aliphatic rings. The minimum absolute atomic E-state index is 0.0353. The molecule has 118 valence electrons. The fourth-order valence-corrected chi connectivity index (χ4v) is 3.65. The number of alkyl halides is 3. The third-order valence-corrected chi connectivity index (χ3v) is 5.08. The van der Waals surface area contributed by atoms with Gasteiger partial charge in [0.05, 0.1) is 0 Å². The number of nitrogens with zero attached hydrogens (tertiary/aromatic N) is 1. The van der Waals surface area contributed by atoms with E-state index < -0.39 is 12.2 Å². The zero-order chi connectivity index (χ0) is 15.3. The number of halogens is 3. The SMILES string of the molecule is CSC1CCCC(NC(Cc2ccncc2)C(F)(F)F)C1. The Labute approximate surface area is 127 Å². The summed E-state index contributed by atoms with van der Waals surface area (Å²) >= 11 is 1.76. The monoisotopic (exact) mass is 318 g/mol. The van der Waals surface area contributed by atoms with Gasteiger partial charge in [-0.25, -0.2) is 0 Å². The maximum absolute atomic E-state index is 13.3. The van der Waals surface area contributed by atoms with E-state index in [0.717, 1.165) is 25.7 Å². The molecule has 1 N–H and O–H groups in total. The van der Waals surface area contributed by atoms with Gasteiger partial charge in [0.25, 0.3) is 0 Å². The van der Waals surface area contributed by atoms with E-state index in [1.807, 2.05) is 6.26 Å². The standard InChI is InChI=1S/C15H21F3N2S/c1-21-13-4-2-3-12(10-13)20-14(15(16,17)18)9-11-5-7-19-8-6-11/h5-8,12-14,20H,2-4,9-10H2,1H3. The molecule has 3 unspecified atom stereocenters. The number of hydrogen-bond donors (Lipinski definition) is 1. The summed E-state index contributed by atoms with van der Waals surface area (Å²) in [7, 11) is 0. The Morgan fingerprint density at radius 1 is 1.33 bits per heavy atom. The number of aromatic nitrogens is 1. The van der Waals surface area contributed by atoms with Crippen LogP contribution in [0.3, 0.4) is 0 Å². The van der Waals surface area contributed by atoms with Crippen molar-refractivity contribution >= 4 is 11.8 Å². The van der Waals surface area contributed by atoms with Crippen LogP contribution in [0.15, 0.2) is 24.5 Å². The van der Waals surface area contributed by atoms with E-state index in [1.165, 1.54) is 12.4 Å². The number of hydrogen-bond acceptors (Lipinski definition) is 3. The van der Waals surface area contributed by atoms with Crippen LogP contribution < -0.4 is 5.32 Å². The molecular weight excluding hydrogens is 297 g/mol. The van der Waals surface area contributed by atoms with Gasteiger partial charge in [-0.15, -0.1) is 0 Å². The van der Waals surface area contributed by atoms with Crippen molar-refractivity contribution in [2.75, 3.05) is 6.26 Å². The third-order valence-electron chi connectivity index (χ3n) is 3.98.